The lowest BCUT2D eigenvalue weighted by Crippen LogP contribution is -2.38. The van der Waals surface area contributed by atoms with Crippen LogP contribution in [0.4, 0.5) is 4.39 Å². The van der Waals surface area contributed by atoms with Crippen molar-refractivity contribution in [2.45, 2.75) is 33.0 Å². The van der Waals surface area contributed by atoms with Crippen LogP contribution in [0.5, 0.6) is 0 Å². The van der Waals surface area contributed by atoms with Crippen LogP contribution in [-0.4, -0.2) is 52.1 Å². The van der Waals surface area contributed by atoms with Gasteiger partial charge in [-0.25, -0.2) is 14.1 Å². The molecule has 0 radical (unpaired) electrons. The van der Waals surface area contributed by atoms with Crippen LogP contribution >= 0.6 is 22.9 Å². The second-order valence-corrected chi connectivity index (χ2v) is 11.4. The summed E-state index contributed by atoms with van der Waals surface area (Å²) in [7, 11) is 0. The Balaban J connectivity index is 1.17. The Morgan fingerprint density at radius 3 is 2.90 bits per heavy atom. The highest BCUT2D eigenvalue weighted by Crippen LogP contribution is 2.33. The molecule has 11 nitrogen and oxygen atoms in total. The molecule has 1 amide bonds. The SMILES string of the molecule is Cc1c(C(=O)N2CCn3ncc(-c4cn([C@H](C)c5ccc(F)cc5Cl)nn4)c3C2)sc2nc(-c3ccco3)[nH]c(=O)c12. The van der Waals surface area contributed by atoms with Crippen molar-refractivity contribution in [3.63, 3.8) is 0 Å². The maximum atomic E-state index is 13.8. The maximum absolute atomic E-state index is 13.8. The predicted molar refractivity (Wildman–Crippen MR) is 154 cm³/mol. The highest BCUT2D eigenvalue weighted by atomic mass is 35.5. The number of thiophene rings is 1. The van der Waals surface area contributed by atoms with E-state index >= 15 is 0 Å². The monoisotopic (exact) mass is 604 g/mol. The van der Waals surface area contributed by atoms with Gasteiger partial charge in [0.1, 0.15) is 16.3 Å². The molecule has 0 unspecified atom stereocenters. The number of hydrogen-bond acceptors (Lipinski definition) is 8. The number of furan rings is 1. The van der Waals surface area contributed by atoms with Gasteiger partial charge in [-0.2, -0.15) is 5.10 Å². The van der Waals surface area contributed by atoms with Crippen LogP contribution in [0.3, 0.4) is 0 Å². The number of amides is 1. The number of benzene rings is 1. The molecular formula is C28H22ClFN8O3S. The number of nitrogens with zero attached hydrogens (tertiary/aromatic N) is 7. The number of H-pyrrole nitrogens is 1. The summed E-state index contributed by atoms with van der Waals surface area (Å²) in [6, 6.07) is 7.40. The van der Waals surface area contributed by atoms with E-state index in [0.29, 0.717) is 68.2 Å². The van der Waals surface area contributed by atoms with Gasteiger partial charge in [0.25, 0.3) is 11.5 Å². The summed E-state index contributed by atoms with van der Waals surface area (Å²) >= 11 is 7.46. The minimum absolute atomic E-state index is 0.184. The van der Waals surface area contributed by atoms with Crippen molar-refractivity contribution in [2.75, 3.05) is 6.54 Å². The molecule has 0 fully saturated rings. The highest BCUT2D eigenvalue weighted by Gasteiger charge is 2.29. The van der Waals surface area contributed by atoms with Crippen molar-refractivity contribution in [1.82, 2.24) is 39.6 Å². The van der Waals surface area contributed by atoms with Crippen molar-refractivity contribution in [1.29, 1.82) is 0 Å². The van der Waals surface area contributed by atoms with E-state index in [2.05, 4.69) is 25.4 Å². The van der Waals surface area contributed by atoms with Crippen LogP contribution in [-0.2, 0) is 13.1 Å². The first kappa shape index (κ1) is 26.3. The van der Waals surface area contributed by atoms with Gasteiger partial charge in [0.2, 0.25) is 0 Å². The number of aromatic amines is 1. The van der Waals surface area contributed by atoms with Crippen molar-refractivity contribution < 1.29 is 13.6 Å². The highest BCUT2D eigenvalue weighted by molar-refractivity contribution is 7.20. The van der Waals surface area contributed by atoms with E-state index in [1.165, 1.54) is 29.7 Å². The van der Waals surface area contributed by atoms with Gasteiger partial charge in [-0.15, -0.1) is 16.4 Å². The van der Waals surface area contributed by atoms with Gasteiger partial charge in [0, 0.05) is 17.1 Å². The molecule has 0 saturated heterocycles. The summed E-state index contributed by atoms with van der Waals surface area (Å²) in [5, 5.41) is 13.9. The summed E-state index contributed by atoms with van der Waals surface area (Å²) in [6.45, 7) is 4.92. The second kappa shape index (κ2) is 10.0. The predicted octanol–water partition coefficient (Wildman–Crippen LogP) is 5.07. The van der Waals surface area contributed by atoms with Gasteiger partial charge in [-0.1, -0.05) is 22.9 Å². The van der Waals surface area contributed by atoms with Gasteiger partial charge < -0.3 is 14.3 Å². The quantitative estimate of drug-likeness (QED) is 0.291. The third kappa shape index (κ3) is 4.32. The lowest BCUT2D eigenvalue weighted by molar-refractivity contribution is 0.0711. The fourth-order valence-electron chi connectivity index (χ4n) is 5.23. The summed E-state index contributed by atoms with van der Waals surface area (Å²) in [5.41, 5.74) is 3.16. The van der Waals surface area contributed by atoms with Gasteiger partial charge in [0.15, 0.2) is 11.6 Å². The Bertz CT molecular complexity index is 2040. The van der Waals surface area contributed by atoms with E-state index in [9.17, 15) is 14.0 Å². The van der Waals surface area contributed by atoms with E-state index in [4.69, 9.17) is 16.0 Å². The molecule has 0 saturated carbocycles. The standard InChI is InChI=1S/C28H22ClFN8O3S/c1-14-23-26(39)32-25(22-4-3-9-41-22)33-27(23)42-24(14)28(40)36-7-8-37-21(13-36)18(11-31-37)20-12-38(35-34-20)15(2)17-6-5-16(30)10-19(17)29/h3-6,9-12,15H,7-8,13H2,1-2H3,(H,32,33,39)/t15-/m1/s1. The van der Waals surface area contributed by atoms with E-state index in [1.54, 1.807) is 47.1 Å². The molecule has 1 N–H and O–H groups in total. The maximum Gasteiger partial charge on any atom is 0.264 e. The lowest BCUT2D eigenvalue weighted by atomic mass is 10.1. The smallest absolute Gasteiger partial charge is 0.264 e. The molecule has 1 aliphatic rings. The first-order valence-electron chi connectivity index (χ1n) is 13.1. The normalized spacial score (nSPS) is 14.0. The Morgan fingerprint density at radius 2 is 2.12 bits per heavy atom. The molecule has 5 aromatic heterocycles. The van der Waals surface area contributed by atoms with Crippen LogP contribution in [0.2, 0.25) is 5.02 Å². The van der Waals surface area contributed by atoms with Crippen LogP contribution in [0, 0.1) is 12.7 Å². The number of aryl methyl sites for hydroxylation is 1. The molecule has 6 aromatic rings. The van der Waals surface area contributed by atoms with E-state index in [-0.39, 0.29) is 17.5 Å². The molecule has 6 heterocycles. The number of halogens is 2. The number of rotatable bonds is 5. The lowest BCUT2D eigenvalue weighted by Gasteiger charge is -2.28. The van der Waals surface area contributed by atoms with Crippen molar-refractivity contribution in [3.05, 3.63) is 91.9 Å². The Morgan fingerprint density at radius 1 is 1.26 bits per heavy atom. The fourth-order valence-corrected chi connectivity index (χ4v) is 6.70. The molecule has 0 aliphatic carbocycles. The van der Waals surface area contributed by atoms with Crippen LogP contribution in [0.25, 0.3) is 33.1 Å². The molecule has 1 atom stereocenters. The van der Waals surface area contributed by atoms with Crippen molar-refractivity contribution in [2.24, 2.45) is 0 Å². The first-order chi connectivity index (χ1) is 20.3. The minimum Gasteiger partial charge on any atom is -0.461 e. The average Bonchev–Trinajstić information content (AvgIpc) is 3.78. The molecule has 1 aromatic carbocycles. The van der Waals surface area contributed by atoms with Gasteiger partial charge in [-0.05, 0) is 49.2 Å². The van der Waals surface area contributed by atoms with E-state index in [0.717, 1.165) is 11.3 Å². The third-order valence-corrected chi connectivity index (χ3v) is 9.00. The molecule has 7 rings (SSSR count). The number of carbonyl (C=O) groups is 1. The van der Waals surface area contributed by atoms with E-state index < -0.39 is 5.82 Å². The largest absolute Gasteiger partial charge is 0.461 e. The van der Waals surface area contributed by atoms with Crippen LogP contribution < -0.4 is 5.56 Å². The summed E-state index contributed by atoms with van der Waals surface area (Å²) in [5.74, 6) is 0.162. The summed E-state index contributed by atoms with van der Waals surface area (Å²) in [6.07, 6.45) is 5.01. The zero-order valence-electron chi connectivity index (χ0n) is 22.3. The first-order valence-corrected chi connectivity index (χ1v) is 14.3. The van der Waals surface area contributed by atoms with E-state index in [1.807, 2.05) is 11.6 Å². The Labute approximate surface area is 246 Å². The molecular weight excluding hydrogens is 583 g/mol. The van der Waals surface area contributed by atoms with Gasteiger partial charge >= 0.3 is 0 Å². The minimum atomic E-state index is -0.409. The Hall–Kier alpha value is -4.62. The number of nitrogens with one attached hydrogen (secondary N) is 1. The number of aromatic nitrogens is 7. The van der Waals surface area contributed by atoms with Crippen LogP contribution in [0.1, 0.15) is 39.5 Å². The van der Waals surface area contributed by atoms with Crippen LogP contribution in [0.15, 0.2) is 58.2 Å². The van der Waals surface area contributed by atoms with Crippen molar-refractivity contribution >= 4 is 39.1 Å². The number of hydrogen-bond donors (Lipinski definition) is 1. The zero-order valence-corrected chi connectivity index (χ0v) is 23.9. The van der Waals surface area contributed by atoms with Gasteiger partial charge in [0.05, 0.1) is 53.7 Å². The molecule has 14 heteroatoms. The molecule has 212 valence electrons. The summed E-state index contributed by atoms with van der Waals surface area (Å²) < 4.78 is 22.4. The Kier molecular flexibility index (Phi) is 6.28. The topological polar surface area (TPSA) is 128 Å². The summed E-state index contributed by atoms with van der Waals surface area (Å²) in [4.78, 5) is 36.7. The van der Waals surface area contributed by atoms with Gasteiger partial charge in [-0.3, -0.25) is 14.3 Å². The molecule has 42 heavy (non-hydrogen) atoms. The number of carbonyl (C=O) groups excluding carboxylic acids is 1. The van der Waals surface area contributed by atoms with Crippen molar-refractivity contribution in [3.8, 4) is 22.8 Å². The number of fused-ring (bicyclic) bond motifs is 2. The second-order valence-electron chi connectivity index (χ2n) is 10.0. The molecule has 1 aliphatic heterocycles. The molecule has 0 bridgehead atoms. The average molecular weight is 605 g/mol. The zero-order chi connectivity index (χ0) is 29.1. The third-order valence-electron chi connectivity index (χ3n) is 7.50. The molecule has 0 spiro atoms. The fraction of sp³-hybridized carbons (Fsp3) is 0.214.